The van der Waals surface area contributed by atoms with Gasteiger partial charge in [-0.15, -0.1) is 0 Å². The summed E-state index contributed by atoms with van der Waals surface area (Å²) in [5, 5.41) is 19.3. The molecule has 0 aromatic rings. The fourth-order valence-electron chi connectivity index (χ4n) is 3.65. The van der Waals surface area contributed by atoms with Crippen LogP contribution >= 0.6 is 0 Å². The van der Waals surface area contributed by atoms with Crippen LogP contribution in [0, 0.1) is 11.8 Å². The van der Waals surface area contributed by atoms with Crippen LogP contribution in [0.4, 0.5) is 0 Å². The van der Waals surface area contributed by atoms with Gasteiger partial charge in [-0.3, -0.25) is 0 Å². The summed E-state index contributed by atoms with van der Waals surface area (Å²) in [5.41, 5.74) is -0.941. The molecule has 0 aromatic heterocycles. The van der Waals surface area contributed by atoms with Crippen molar-refractivity contribution in [1.82, 2.24) is 0 Å². The van der Waals surface area contributed by atoms with E-state index in [1.165, 1.54) is 51.4 Å². The van der Waals surface area contributed by atoms with E-state index in [1.807, 2.05) is 6.92 Å². The predicted molar refractivity (Wildman–Crippen MR) is 78.1 cm³/mol. The third-order valence-electron chi connectivity index (χ3n) is 5.15. The fourth-order valence-corrected chi connectivity index (χ4v) is 3.65. The highest BCUT2D eigenvalue weighted by molar-refractivity contribution is 4.82. The van der Waals surface area contributed by atoms with E-state index in [2.05, 4.69) is 17.2 Å². The molecule has 2 rings (SSSR count). The molecule has 0 amide bonds. The van der Waals surface area contributed by atoms with E-state index in [-0.39, 0.29) is 6.04 Å². The van der Waals surface area contributed by atoms with Gasteiger partial charge in [-0.2, -0.15) is 10.2 Å². The number of azo groups is 1. The first kappa shape index (κ1) is 15.0. The zero-order chi connectivity index (χ0) is 13.7. The Balaban J connectivity index is 1.87. The van der Waals surface area contributed by atoms with Crippen molar-refractivity contribution in [1.29, 1.82) is 0 Å². The summed E-state index contributed by atoms with van der Waals surface area (Å²) in [5.74, 6) is 0.989. The van der Waals surface area contributed by atoms with Gasteiger partial charge >= 0.3 is 0 Å². The van der Waals surface area contributed by atoms with E-state index < -0.39 is 5.72 Å². The quantitative estimate of drug-likeness (QED) is 0.737. The van der Waals surface area contributed by atoms with Crippen LogP contribution in [0.15, 0.2) is 10.2 Å². The molecule has 0 aliphatic heterocycles. The normalized spacial score (nSPS) is 28.4. The van der Waals surface area contributed by atoms with E-state index in [0.717, 1.165) is 12.8 Å². The third kappa shape index (κ3) is 4.27. The molecule has 0 bridgehead atoms. The second-order valence-electron chi connectivity index (χ2n) is 6.78. The lowest BCUT2D eigenvalue weighted by Gasteiger charge is -2.32. The summed E-state index contributed by atoms with van der Waals surface area (Å²) in [4.78, 5) is 0. The van der Waals surface area contributed by atoms with Crippen molar-refractivity contribution in [2.75, 3.05) is 0 Å². The van der Waals surface area contributed by atoms with Crippen LogP contribution in [0.25, 0.3) is 0 Å². The highest BCUT2D eigenvalue weighted by Gasteiger charge is 2.33. The molecule has 2 atom stereocenters. The second-order valence-corrected chi connectivity index (χ2v) is 6.78. The lowest BCUT2D eigenvalue weighted by Crippen LogP contribution is -2.34. The smallest absolute Gasteiger partial charge is 0.176 e. The molecule has 2 fully saturated rings. The first-order valence-corrected chi connectivity index (χ1v) is 8.24. The van der Waals surface area contributed by atoms with Gasteiger partial charge in [-0.25, -0.2) is 0 Å². The third-order valence-corrected chi connectivity index (χ3v) is 5.15. The summed E-state index contributed by atoms with van der Waals surface area (Å²) in [6.45, 7) is 4.01. The van der Waals surface area contributed by atoms with Crippen molar-refractivity contribution < 1.29 is 5.11 Å². The summed E-state index contributed by atoms with van der Waals surface area (Å²) >= 11 is 0. The van der Waals surface area contributed by atoms with Gasteiger partial charge in [0.2, 0.25) is 0 Å². The van der Waals surface area contributed by atoms with Gasteiger partial charge in [-0.1, -0.05) is 38.5 Å². The molecule has 1 N–H and O–H groups in total. The topological polar surface area (TPSA) is 45.0 Å². The standard InChI is InChI=1S/C16H30N2O/c1-13(14-9-5-3-6-10-14)17-18-16(2,19)15-11-7-4-8-12-15/h13-15,19H,3-12H2,1-2H3/b18-17+. The second kappa shape index (κ2) is 6.83. The molecule has 19 heavy (non-hydrogen) atoms. The van der Waals surface area contributed by atoms with Crippen molar-refractivity contribution >= 4 is 0 Å². The van der Waals surface area contributed by atoms with E-state index in [0.29, 0.717) is 11.8 Å². The molecule has 2 saturated carbocycles. The molecule has 0 spiro atoms. The minimum absolute atomic E-state index is 0.273. The Labute approximate surface area is 117 Å². The fraction of sp³-hybridized carbons (Fsp3) is 1.00. The predicted octanol–water partition coefficient (Wildman–Crippen LogP) is 4.70. The summed E-state index contributed by atoms with van der Waals surface area (Å²) in [7, 11) is 0. The number of hydrogen-bond acceptors (Lipinski definition) is 3. The van der Waals surface area contributed by atoms with E-state index in [9.17, 15) is 5.11 Å². The maximum absolute atomic E-state index is 10.5. The van der Waals surface area contributed by atoms with Crippen molar-refractivity contribution in [3.63, 3.8) is 0 Å². The van der Waals surface area contributed by atoms with Gasteiger partial charge in [-0.05, 0) is 45.4 Å². The number of aliphatic hydroxyl groups is 1. The van der Waals surface area contributed by atoms with Crippen molar-refractivity contribution in [3.8, 4) is 0 Å². The molecular weight excluding hydrogens is 236 g/mol. The lowest BCUT2D eigenvalue weighted by atomic mass is 9.82. The van der Waals surface area contributed by atoms with Crippen LogP contribution < -0.4 is 0 Å². The average molecular weight is 266 g/mol. The maximum atomic E-state index is 10.5. The molecule has 0 aromatic carbocycles. The molecule has 0 saturated heterocycles. The number of nitrogens with zero attached hydrogens (tertiary/aromatic N) is 2. The van der Waals surface area contributed by atoms with Gasteiger partial charge < -0.3 is 5.11 Å². The molecule has 0 heterocycles. The molecular formula is C16H30N2O. The Morgan fingerprint density at radius 1 is 0.947 bits per heavy atom. The van der Waals surface area contributed by atoms with Crippen molar-refractivity contribution in [2.45, 2.75) is 89.8 Å². The highest BCUT2D eigenvalue weighted by atomic mass is 16.3. The minimum atomic E-state index is -0.941. The zero-order valence-corrected chi connectivity index (χ0v) is 12.6. The summed E-state index contributed by atoms with van der Waals surface area (Å²) in [6.07, 6.45) is 12.6. The Bertz CT molecular complexity index is 289. The lowest BCUT2D eigenvalue weighted by molar-refractivity contribution is -0.0165. The van der Waals surface area contributed by atoms with Crippen LogP contribution in [0.1, 0.15) is 78.1 Å². The molecule has 3 heteroatoms. The van der Waals surface area contributed by atoms with Gasteiger partial charge in [0, 0.05) is 5.92 Å². The van der Waals surface area contributed by atoms with Crippen LogP contribution in [-0.4, -0.2) is 16.9 Å². The molecule has 2 aliphatic rings. The Hall–Kier alpha value is -0.440. The average Bonchev–Trinajstić information content (AvgIpc) is 2.47. The molecule has 3 nitrogen and oxygen atoms in total. The van der Waals surface area contributed by atoms with E-state index >= 15 is 0 Å². The molecule has 0 radical (unpaired) electrons. The first-order valence-electron chi connectivity index (χ1n) is 8.24. The van der Waals surface area contributed by atoms with Gasteiger partial charge in [0.1, 0.15) is 0 Å². The molecule has 2 aliphatic carbocycles. The number of hydrogen-bond donors (Lipinski definition) is 1. The first-order chi connectivity index (χ1) is 9.09. The summed E-state index contributed by atoms with van der Waals surface area (Å²) in [6, 6.07) is 0.273. The Morgan fingerprint density at radius 2 is 1.47 bits per heavy atom. The zero-order valence-electron chi connectivity index (χ0n) is 12.6. The highest BCUT2D eigenvalue weighted by Crippen LogP contribution is 2.34. The Morgan fingerprint density at radius 3 is 2.05 bits per heavy atom. The summed E-state index contributed by atoms with van der Waals surface area (Å²) < 4.78 is 0. The SMILES string of the molecule is CC(/N=N/C(C)(O)C1CCCCC1)C1CCCCC1. The van der Waals surface area contributed by atoms with Gasteiger partial charge in [0.25, 0.3) is 0 Å². The van der Waals surface area contributed by atoms with E-state index in [4.69, 9.17) is 0 Å². The minimum Gasteiger partial charge on any atom is -0.368 e. The molecule has 2 unspecified atom stereocenters. The van der Waals surface area contributed by atoms with Crippen molar-refractivity contribution in [3.05, 3.63) is 0 Å². The Kier molecular flexibility index (Phi) is 5.37. The number of rotatable bonds is 4. The van der Waals surface area contributed by atoms with E-state index in [1.54, 1.807) is 0 Å². The molecule has 110 valence electrons. The van der Waals surface area contributed by atoms with Crippen LogP contribution in [0.3, 0.4) is 0 Å². The van der Waals surface area contributed by atoms with Crippen LogP contribution in [0.5, 0.6) is 0 Å². The largest absolute Gasteiger partial charge is 0.368 e. The van der Waals surface area contributed by atoms with Crippen molar-refractivity contribution in [2.24, 2.45) is 22.1 Å². The van der Waals surface area contributed by atoms with Gasteiger partial charge in [0.05, 0.1) is 6.04 Å². The van der Waals surface area contributed by atoms with Crippen LogP contribution in [0.2, 0.25) is 0 Å². The maximum Gasteiger partial charge on any atom is 0.176 e. The van der Waals surface area contributed by atoms with Crippen LogP contribution in [-0.2, 0) is 0 Å². The van der Waals surface area contributed by atoms with Gasteiger partial charge in [0.15, 0.2) is 5.72 Å². The monoisotopic (exact) mass is 266 g/mol.